The van der Waals surface area contributed by atoms with E-state index in [1.54, 1.807) is 30.9 Å². The zero-order valence-electron chi connectivity index (χ0n) is 17.8. The van der Waals surface area contributed by atoms with Crippen molar-refractivity contribution in [3.8, 4) is 11.3 Å². The molecule has 3 aromatic heterocycles. The van der Waals surface area contributed by atoms with Gasteiger partial charge in [-0.3, -0.25) is 14.8 Å². The Morgan fingerprint density at radius 3 is 2.61 bits per heavy atom. The fourth-order valence-corrected chi connectivity index (χ4v) is 3.78. The standard InChI is InChI=1S/C24H22FN7O/c25-18-3-1-15(2-4-18)24(33)32-22-10-16-9-17(11-28-20(16)13-29-22)21-12-27-14-23(31-21)30-19-5-7-26-8-6-19/h1-4,9-14,19,26H,5-8H2,(H,30,31)(H,29,32,33). The molecule has 0 spiro atoms. The molecule has 166 valence electrons. The molecule has 1 aromatic carbocycles. The van der Waals surface area contributed by atoms with Crippen molar-refractivity contribution in [3.63, 3.8) is 0 Å². The molecule has 33 heavy (non-hydrogen) atoms. The Morgan fingerprint density at radius 2 is 1.79 bits per heavy atom. The van der Waals surface area contributed by atoms with Gasteiger partial charge in [0.1, 0.15) is 17.5 Å². The first-order valence-electron chi connectivity index (χ1n) is 10.8. The fourth-order valence-electron chi connectivity index (χ4n) is 3.78. The molecule has 1 amide bonds. The lowest BCUT2D eigenvalue weighted by molar-refractivity contribution is 0.102. The summed E-state index contributed by atoms with van der Waals surface area (Å²) in [5.74, 6) is 0.352. The van der Waals surface area contributed by atoms with Crippen molar-refractivity contribution in [2.75, 3.05) is 23.7 Å². The number of nitrogens with zero attached hydrogens (tertiary/aromatic N) is 4. The molecule has 0 saturated carbocycles. The van der Waals surface area contributed by atoms with Gasteiger partial charge in [-0.15, -0.1) is 0 Å². The smallest absolute Gasteiger partial charge is 0.256 e. The van der Waals surface area contributed by atoms with E-state index in [2.05, 4.69) is 30.9 Å². The minimum absolute atomic E-state index is 0.346. The molecule has 0 radical (unpaired) electrons. The Bertz CT molecular complexity index is 1290. The number of piperidine rings is 1. The average Bonchev–Trinajstić information content (AvgIpc) is 2.85. The summed E-state index contributed by atoms with van der Waals surface area (Å²) in [4.78, 5) is 30.2. The lowest BCUT2D eigenvalue weighted by atomic mass is 10.1. The number of carbonyl (C=O) groups is 1. The zero-order valence-corrected chi connectivity index (χ0v) is 17.8. The van der Waals surface area contributed by atoms with Crippen LogP contribution in [0.15, 0.2) is 61.2 Å². The number of rotatable bonds is 5. The first kappa shape index (κ1) is 20.9. The number of pyridine rings is 2. The summed E-state index contributed by atoms with van der Waals surface area (Å²) in [5, 5.41) is 10.4. The monoisotopic (exact) mass is 443 g/mol. The van der Waals surface area contributed by atoms with Gasteiger partial charge in [0, 0.05) is 28.8 Å². The molecule has 1 aliphatic heterocycles. The number of carbonyl (C=O) groups excluding carboxylic acids is 1. The van der Waals surface area contributed by atoms with Crippen LogP contribution >= 0.6 is 0 Å². The molecular weight excluding hydrogens is 421 g/mol. The van der Waals surface area contributed by atoms with E-state index in [9.17, 15) is 9.18 Å². The minimum Gasteiger partial charge on any atom is -0.366 e. The van der Waals surface area contributed by atoms with E-state index in [1.165, 1.54) is 24.3 Å². The van der Waals surface area contributed by atoms with Crippen molar-refractivity contribution in [3.05, 3.63) is 72.6 Å². The topological polar surface area (TPSA) is 105 Å². The summed E-state index contributed by atoms with van der Waals surface area (Å²) in [7, 11) is 0. The highest BCUT2D eigenvalue weighted by Gasteiger charge is 2.14. The molecule has 0 aliphatic carbocycles. The van der Waals surface area contributed by atoms with Crippen LogP contribution in [-0.2, 0) is 0 Å². The van der Waals surface area contributed by atoms with Crippen LogP contribution in [0, 0.1) is 5.82 Å². The van der Waals surface area contributed by atoms with Crippen LogP contribution in [0.2, 0.25) is 0 Å². The summed E-state index contributed by atoms with van der Waals surface area (Å²) in [6, 6.07) is 9.41. The van der Waals surface area contributed by atoms with Gasteiger partial charge in [0.2, 0.25) is 0 Å². The number of amides is 1. The summed E-state index contributed by atoms with van der Waals surface area (Å²) in [6.07, 6.45) is 8.85. The van der Waals surface area contributed by atoms with Gasteiger partial charge in [-0.05, 0) is 62.3 Å². The van der Waals surface area contributed by atoms with E-state index in [0.717, 1.165) is 42.7 Å². The quantitative estimate of drug-likeness (QED) is 0.433. The van der Waals surface area contributed by atoms with Gasteiger partial charge >= 0.3 is 0 Å². The summed E-state index contributed by atoms with van der Waals surface area (Å²) in [5.41, 5.74) is 2.55. The van der Waals surface area contributed by atoms with Crippen LogP contribution < -0.4 is 16.0 Å². The minimum atomic E-state index is -0.396. The van der Waals surface area contributed by atoms with Gasteiger partial charge in [0.05, 0.1) is 29.8 Å². The Hall–Kier alpha value is -3.98. The third-order valence-corrected chi connectivity index (χ3v) is 5.54. The van der Waals surface area contributed by atoms with Gasteiger partial charge in [-0.2, -0.15) is 0 Å². The molecule has 1 saturated heterocycles. The first-order chi connectivity index (χ1) is 16.1. The molecule has 0 atom stereocenters. The van der Waals surface area contributed by atoms with Crippen LogP contribution in [0.5, 0.6) is 0 Å². The molecular formula is C24H22FN7O. The molecule has 3 N–H and O–H groups in total. The van der Waals surface area contributed by atoms with Crippen LogP contribution in [0.25, 0.3) is 22.2 Å². The maximum Gasteiger partial charge on any atom is 0.256 e. The number of hydrogen-bond acceptors (Lipinski definition) is 7. The van der Waals surface area contributed by atoms with Gasteiger partial charge < -0.3 is 16.0 Å². The maximum absolute atomic E-state index is 13.1. The van der Waals surface area contributed by atoms with Crippen LogP contribution in [0.3, 0.4) is 0 Å². The Morgan fingerprint density at radius 1 is 0.970 bits per heavy atom. The second kappa shape index (κ2) is 9.25. The first-order valence-corrected chi connectivity index (χ1v) is 10.8. The van der Waals surface area contributed by atoms with E-state index in [-0.39, 0.29) is 5.91 Å². The molecule has 4 heterocycles. The third kappa shape index (κ3) is 4.93. The van der Waals surface area contributed by atoms with Crippen LogP contribution in [0.1, 0.15) is 23.2 Å². The number of halogens is 1. The highest BCUT2D eigenvalue weighted by Crippen LogP contribution is 2.23. The lowest BCUT2D eigenvalue weighted by Gasteiger charge is -2.24. The normalized spacial score (nSPS) is 14.2. The highest BCUT2D eigenvalue weighted by molar-refractivity contribution is 6.04. The van der Waals surface area contributed by atoms with Crippen molar-refractivity contribution in [1.82, 2.24) is 25.3 Å². The van der Waals surface area contributed by atoms with E-state index in [0.29, 0.717) is 28.6 Å². The summed E-state index contributed by atoms with van der Waals surface area (Å²) >= 11 is 0. The predicted octanol–water partition coefficient (Wildman–Crippen LogP) is 3.64. The van der Waals surface area contributed by atoms with Crippen molar-refractivity contribution >= 4 is 28.4 Å². The molecule has 4 aromatic rings. The molecule has 1 fully saturated rings. The molecule has 1 aliphatic rings. The Kier molecular flexibility index (Phi) is 5.86. The number of aromatic nitrogens is 4. The average molecular weight is 443 g/mol. The third-order valence-electron chi connectivity index (χ3n) is 5.54. The van der Waals surface area contributed by atoms with Crippen LogP contribution in [-0.4, -0.2) is 45.0 Å². The zero-order chi connectivity index (χ0) is 22.6. The number of hydrogen-bond donors (Lipinski definition) is 3. The second-order valence-corrected chi connectivity index (χ2v) is 7.91. The second-order valence-electron chi connectivity index (χ2n) is 7.91. The highest BCUT2D eigenvalue weighted by atomic mass is 19.1. The Balaban J connectivity index is 1.37. The molecule has 5 rings (SSSR count). The number of fused-ring (bicyclic) bond motifs is 1. The number of anilines is 2. The predicted molar refractivity (Wildman–Crippen MR) is 124 cm³/mol. The van der Waals surface area contributed by atoms with E-state index < -0.39 is 5.82 Å². The molecule has 8 nitrogen and oxygen atoms in total. The van der Waals surface area contributed by atoms with Crippen molar-refractivity contribution < 1.29 is 9.18 Å². The molecule has 0 bridgehead atoms. The molecule has 0 unspecified atom stereocenters. The van der Waals surface area contributed by atoms with Crippen molar-refractivity contribution in [1.29, 1.82) is 0 Å². The fraction of sp³-hybridized carbons (Fsp3) is 0.208. The Labute approximate surface area is 189 Å². The van der Waals surface area contributed by atoms with E-state index in [4.69, 9.17) is 4.98 Å². The van der Waals surface area contributed by atoms with Gasteiger partial charge in [0.15, 0.2) is 0 Å². The van der Waals surface area contributed by atoms with Crippen molar-refractivity contribution in [2.24, 2.45) is 0 Å². The van der Waals surface area contributed by atoms with E-state index in [1.807, 2.05) is 6.07 Å². The largest absolute Gasteiger partial charge is 0.366 e. The molecule has 9 heteroatoms. The van der Waals surface area contributed by atoms with Crippen molar-refractivity contribution in [2.45, 2.75) is 18.9 Å². The van der Waals surface area contributed by atoms with E-state index >= 15 is 0 Å². The summed E-state index contributed by atoms with van der Waals surface area (Å²) < 4.78 is 13.1. The summed E-state index contributed by atoms with van der Waals surface area (Å²) in [6.45, 7) is 1.99. The number of nitrogens with one attached hydrogen (secondary N) is 3. The SMILES string of the molecule is O=C(Nc1cc2cc(-c3cncc(NC4CCNCC4)n3)cnc2cn1)c1ccc(F)cc1. The maximum atomic E-state index is 13.1. The lowest BCUT2D eigenvalue weighted by Crippen LogP contribution is -2.35. The van der Waals surface area contributed by atoms with Gasteiger partial charge in [0.25, 0.3) is 5.91 Å². The number of benzene rings is 1. The van der Waals surface area contributed by atoms with Gasteiger partial charge in [-0.25, -0.2) is 14.4 Å². The van der Waals surface area contributed by atoms with Crippen LogP contribution in [0.4, 0.5) is 16.0 Å². The van der Waals surface area contributed by atoms with Gasteiger partial charge in [-0.1, -0.05) is 0 Å².